The summed E-state index contributed by atoms with van der Waals surface area (Å²) in [5.74, 6) is 1.38. The number of nitrogens with two attached hydrogens (primary N) is 1. The molecule has 1 aromatic carbocycles. The van der Waals surface area contributed by atoms with E-state index in [1.54, 1.807) is 6.07 Å². The Kier molecular flexibility index (Phi) is 7.23. The molecule has 2 atom stereocenters. The smallest absolute Gasteiger partial charge is 0.223 e. The van der Waals surface area contributed by atoms with Crippen molar-refractivity contribution in [1.82, 2.24) is 5.32 Å². The predicted octanol–water partition coefficient (Wildman–Crippen LogP) is 4.23. The zero-order chi connectivity index (χ0) is 16.4. The van der Waals surface area contributed by atoms with Crippen LogP contribution >= 0.6 is 35.6 Å². The van der Waals surface area contributed by atoms with Gasteiger partial charge in [-0.05, 0) is 67.7 Å². The zero-order valence-electron chi connectivity index (χ0n) is 13.6. The van der Waals surface area contributed by atoms with Crippen LogP contribution in [0.4, 0.5) is 0 Å². The highest BCUT2D eigenvalue weighted by atomic mass is 35.5. The van der Waals surface area contributed by atoms with Crippen LogP contribution in [0.2, 0.25) is 10.0 Å². The van der Waals surface area contributed by atoms with Gasteiger partial charge in [0.1, 0.15) is 0 Å². The molecular weight excluding hydrogens is 367 g/mol. The van der Waals surface area contributed by atoms with E-state index in [9.17, 15) is 4.79 Å². The Balaban J connectivity index is 0.00000208. The molecular formula is C18H25Cl3N2O. The van der Waals surface area contributed by atoms with Crippen molar-refractivity contribution in [1.29, 1.82) is 0 Å². The summed E-state index contributed by atoms with van der Waals surface area (Å²) in [6.07, 6.45) is 6.28. The van der Waals surface area contributed by atoms with Crippen LogP contribution in [-0.4, -0.2) is 18.5 Å². The molecule has 2 aliphatic rings. The zero-order valence-corrected chi connectivity index (χ0v) is 16.0. The molecule has 134 valence electrons. The molecule has 6 heteroatoms. The molecule has 2 fully saturated rings. The molecule has 2 aliphatic carbocycles. The van der Waals surface area contributed by atoms with Crippen molar-refractivity contribution >= 4 is 41.5 Å². The molecule has 3 N–H and O–H groups in total. The second kappa shape index (κ2) is 8.75. The van der Waals surface area contributed by atoms with Crippen LogP contribution < -0.4 is 11.1 Å². The van der Waals surface area contributed by atoms with E-state index in [2.05, 4.69) is 5.32 Å². The second-order valence-electron chi connectivity index (χ2n) is 7.02. The summed E-state index contributed by atoms with van der Waals surface area (Å²) in [7, 11) is 0. The van der Waals surface area contributed by atoms with Crippen LogP contribution in [0, 0.1) is 17.8 Å². The number of carbonyl (C=O) groups excluding carboxylic acids is 1. The first kappa shape index (κ1) is 19.8. The molecule has 2 bridgehead atoms. The summed E-state index contributed by atoms with van der Waals surface area (Å²) < 4.78 is 0. The van der Waals surface area contributed by atoms with Crippen LogP contribution in [0.1, 0.15) is 37.7 Å². The van der Waals surface area contributed by atoms with E-state index in [0.717, 1.165) is 24.8 Å². The lowest BCUT2D eigenvalue weighted by Gasteiger charge is -2.43. The van der Waals surface area contributed by atoms with Crippen LogP contribution in [-0.2, 0) is 11.2 Å². The fourth-order valence-corrected chi connectivity index (χ4v) is 4.80. The maximum atomic E-state index is 12.5. The molecule has 3 rings (SSSR count). The van der Waals surface area contributed by atoms with E-state index in [1.807, 2.05) is 12.1 Å². The Morgan fingerprint density at radius 3 is 2.29 bits per heavy atom. The third-order valence-electron chi connectivity index (χ3n) is 5.42. The van der Waals surface area contributed by atoms with Crippen molar-refractivity contribution in [2.75, 3.05) is 6.54 Å². The molecule has 0 aliphatic heterocycles. The number of hydrogen-bond acceptors (Lipinski definition) is 2. The van der Waals surface area contributed by atoms with Crippen molar-refractivity contribution in [3.05, 3.63) is 33.8 Å². The van der Waals surface area contributed by atoms with Gasteiger partial charge in [-0.3, -0.25) is 4.79 Å². The van der Waals surface area contributed by atoms with E-state index < -0.39 is 0 Å². The molecule has 0 aromatic heterocycles. The summed E-state index contributed by atoms with van der Waals surface area (Å²) in [6, 6.07) is 5.81. The quantitative estimate of drug-likeness (QED) is 0.807. The Labute approximate surface area is 160 Å². The molecule has 0 spiro atoms. The van der Waals surface area contributed by atoms with Gasteiger partial charge in [-0.15, -0.1) is 12.4 Å². The summed E-state index contributed by atoms with van der Waals surface area (Å²) >= 11 is 12.0. The lowest BCUT2D eigenvalue weighted by molar-refractivity contribution is -0.127. The van der Waals surface area contributed by atoms with Crippen molar-refractivity contribution in [2.45, 2.75) is 44.6 Å². The van der Waals surface area contributed by atoms with Crippen LogP contribution in [0.5, 0.6) is 0 Å². The maximum Gasteiger partial charge on any atom is 0.223 e. The van der Waals surface area contributed by atoms with Gasteiger partial charge in [-0.2, -0.15) is 0 Å². The number of nitrogens with one attached hydrogen (secondary N) is 1. The van der Waals surface area contributed by atoms with Gasteiger partial charge < -0.3 is 11.1 Å². The molecule has 1 amide bonds. The molecule has 2 saturated carbocycles. The Morgan fingerprint density at radius 1 is 1.12 bits per heavy atom. The van der Waals surface area contributed by atoms with E-state index in [4.69, 9.17) is 28.9 Å². The van der Waals surface area contributed by atoms with E-state index in [1.165, 1.54) is 19.3 Å². The maximum absolute atomic E-state index is 12.5. The normalized spacial score (nSPS) is 28.8. The number of halogens is 3. The van der Waals surface area contributed by atoms with Crippen molar-refractivity contribution in [3.8, 4) is 0 Å². The summed E-state index contributed by atoms with van der Waals surface area (Å²) in [5, 5.41) is 4.34. The van der Waals surface area contributed by atoms with Crippen molar-refractivity contribution in [3.63, 3.8) is 0 Å². The Hall–Kier alpha value is -0.480. The molecule has 1 aromatic rings. The number of rotatable bonds is 4. The molecule has 0 saturated heterocycles. The summed E-state index contributed by atoms with van der Waals surface area (Å²) in [4.78, 5) is 12.5. The predicted molar refractivity (Wildman–Crippen MR) is 102 cm³/mol. The molecule has 24 heavy (non-hydrogen) atoms. The SMILES string of the molecule is Cl.NC1C2CCCC1CC(C(=O)NCCc1cc(Cl)cc(Cl)c1)C2. The van der Waals surface area contributed by atoms with Gasteiger partial charge >= 0.3 is 0 Å². The third-order valence-corrected chi connectivity index (χ3v) is 5.86. The van der Waals surface area contributed by atoms with Crippen LogP contribution in [0.3, 0.4) is 0 Å². The Bertz CT molecular complexity index is 547. The summed E-state index contributed by atoms with van der Waals surface area (Å²) in [6.45, 7) is 0.618. The van der Waals surface area contributed by atoms with E-state index in [0.29, 0.717) is 34.5 Å². The minimum Gasteiger partial charge on any atom is -0.356 e. The first-order valence-electron chi connectivity index (χ1n) is 8.51. The van der Waals surface area contributed by atoms with Gasteiger partial charge in [0.2, 0.25) is 5.91 Å². The van der Waals surface area contributed by atoms with Gasteiger partial charge in [0.25, 0.3) is 0 Å². The second-order valence-corrected chi connectivity index (χ2v) is 7.89. The monoisotopic (exact) mass is 390 g/mol. The first-order valence-corrected chi connectivity index (χ1v) is 9.27. The first-order chi connectivity index (χ1) is 11.0. The number of fused-ring (bicyclic) bond motifs is 2. The highest BCUT2D eigenvalue weighted by Crippen LogP contribution is 2.41. The number of hydrogen-bond donors (Lipinski definition) is 2. The van der Waals surface area contributed by atoms with Gasteiger partial charge in [0.15, 0.2) is 0 Å². The highest BCUT2D eigenvalue weighted by molar-refractivity contribution is 6.34. The fraction of sp³-hybridized carbons (Fsp3) is 0.611. The lowest BCUT2D eigenvalue weighted by Crippen LogP contribution is -2.49. The molecule has 0 radical (unpaired) electrons. The van der Waals surface area contributed by atoms with Gasteiger partial charge in [0, 0.05) is 28.5 Å². The number of benzene rings is 1. The molecule has 2 unspecified atom stereocenters. The van der Waals surface area contributed by atoms with Crippen molar-refractivity contribution < 1.29 is 4.79 Å². The van der Waals surface area contributed by atoms with Crippen molar-refractivity contribution in [2.24, 2.45) is 23.5 Å². The fourth-order valence-electron chi connectivity index (χ4n) is 4.23. The van der Waals surface area contributed by atoms with Crippen LogP contribution in [0.15, 0.2) is 18.2 Å². The van der Waals surface area contributed by atoms with E-state index in [-0.39, 0.29) is 24.2 Å². The van der Waals surface area contributed by atoms with Gasteiger partial charge in [0.05, 0.1) is 0 Å². The average Bonchev–Trinajstić information content (AvgIpc) is 2.45. The standard InChI is InChI=1S/C18H24Cl2N2O.ClH/c19-15-6-11(7-16(20)10-15)4-5-22-18(23)14-8-12-2-1-3-13(9-14)17(12)21;/h6-7,10,12-14,17H,1-5,8-9,21H2,(H,22,23);1H. The number of amides is 1. The van der Waals surface area contributed by atoms with Gasteiger partial charge in [-0.25, -0.2) is 0 Å². The molecule has 3 nitrogen and oxygen atoms in total. The third kappa shape index (κ3) is 4.78. The molecule has 0 heterocycles. The van der Waals surface area contributed by atoms with Gasteiger partial charge in [-0.1, -0.05) is 29.6 Å². The number of carbonyl (C=O) groups is 1. The lowest BCUT2D eigenvalue weighted by atomic mass is 9.65. The minimum atomic E-state index is 0. The average molecular weight is 392 g/mol. The minimum absolute atomic E-state index is 0. The largest absolute Gasteiger partial charge is 0.356 e. The van der Waals surface area contributed by atoms with Crippen LogP contribution in [0.25, 0.3) is 0 Å². The topological polar surface area (TPSA) is 55.1 Å². The highest BCUT2D eigenvalue weighted by Gasteiger charge is 2.40. The Morgan fingerprint density at radius 2 is 1.71 bits per heavy atom. The summed E-state index contributed by atoms with van der Waals surface area (Å²) in [5.41, 5.74) is 7.34. The van der Waals surface area contributed by atoms with E-state index >= 15 is 0 Å².